The molecule has 0 amide bonds. The average molecular weight is 353 g/mol. The zero-order chi connectivity index (χ0) is 17.4. The van der Waals surface area contributed by atoms with Crippen molar-refractivity contribution in [1.82, 2.24) is 15.6 Å². The van der Waals surface area contributed by atoms with E-state index in [2.05, 4.69) is 20.6 Å². The number of aromatic nitrogens is 1. The van der Waals surface area contributed by atoms with E-state index in [1.807, 2.05) is 19.1 Å². The summed E-state index contributed by atoms with van der Waals surface area (Å²) in [6.45, 7) is 2.59. The van der Waals surface area contributed by atoms with Crippen LogP contribution in [0.1, 0.15) is 38.2 Å². The Morgan fingerprint density at radius 2 is 2.33 bits per heavy atom. The first-order valence-electron chi connectivity index (χ1n) is 8.50. The molecular weight excluding hydrogens is 324 g/mol. The van der Waals surface area contributed by atoms with Gasteiger partial charge in [-0.15, -0.1) is 0 Å². The number of nitrogens with one attached hydrogen (secondary N) is 2. The second-order valence-corrected chi connectivity index (χ2v) is 7.90. The minimum Gasteiger partial charge on any atom is -0.481 e. The number of ether oxygens (including phenoxy) is 1. The highest BCUT2D eigenvalue weighted by Crippen LogP contribution is 2.23. The predicted octanol–water partition coefficient (Wildman–Crippen LogP) is 1.83. The number of aliphatic imine (C=N–C) groups is 1. The van der Waals surface area contributed by atoms with Crippen molar-refractivity contribution in [3.63, 3.8) is 0 Å². The van der Waals surface area contributed by atoms with E-state index >= 15 is 0 Å². The molecule has 0 saturated heterocycles. The van der Waals surface area contributed by atoms with Crippen LogP contribution in [0.15, 0.2) is 23.3 Å². The average Bonchev–Trinajstić information content (AvgIpc) is 2.64. The standard InChI is InChI=1S/C17H28N4O2S/c1-4-24(22)15-9-5-8-14(11-15)21-17(18-2)20-12-13-7-6-10-19-16(13)23-3/h6-7,10,14-15H,4-5,8-9,11-12H2,1-3H3,(H2,18,20,21). The van der Waals surface area contributed by atoms with E-state index in [0.717, 1.165) is 43.0 Å². The topological polar surface area (TPSA) is 75.6 Å². The van der Waals surface area contributed by atoms with E-state index in [4.69, 9.17) is 4.74 Å². The van der Waals surface area contributed by atoms with Crippen molar-refractivity contribution in [3.8, 4) is 5.88 Å². The normalized spacial score (nSPS) is 22.7. The van der Waals surface area contributed by atoms with Gasteiger partial charge in [-0.3, -0.25) is 9.20 Å². The maximum absolute atomic E-state index is 12.1. The van der Waals surface area contributed by atoms with Crippen molar-refractivity contribution < 1.29 is 8.95 Å². The summed E-state index contributed by atoms with van der Waals surface area (Å²) in [7, 11) is 2.67. The van der Waals surface area contributed by atoms with Crippen LogP contribution in [0.3, 0.4) is 0 Å². The van der Waals surface area contributed by atoms with Gasteiger partial charge in [0.2, 0.25) is 5.88 Å². The van der Waals surface area contributed by atoms with Gasteiger partial charge >= 0.3 is 0 Å². The first-order chi connectivity index (χ1) is 11.7. The highest BCUT2D eigenvalue weighted by Gasteiger charge is 2.26. The molecule has 0 bridgehead atoms. The number of methoxy groups -OCH3 is 1. The molecule has 1 saturated carbocycles. The maximum Gasteiger partial charge on any atom is 0.218 e. The summed E-state index contributed by atoms with van der Waals surface area (Å²) in [5.74, 6) is 2.12. The van der Waals surface area contributed by atoms with Crippen LogP contribution < -0.4 is 15.4 Å². The fourth-order valence-corrected chi connectivity index (χ4v) is 4.41. The van der Waals surface area contributed by atoms with Gasteiger partial charge in [-0.1, -0.05) is 19.4 Å². The second kappa shape index (κ2) is 9.61. The summed E-state index contributed by atoms with van der Waals surface area (Å²) in [4.78, 5) is 8.50. The van der Waals surface area contributed by atoms with Crippen LogP contribution >= 0.6 is 0 Å². The van der Waals surface area contributed by atoms with Crippen LogP contribution in [0.2, 0.25) is 0 Å². The van der Waals surface area contributed by atoms with Crippen molar-refractivity contribution in [3.05, 3.63) is 23.9 Å². The van der Waals surface area contributed by atoms with Gasteiger partial charge in [0.15, 0.2) is 5.96 Å². The maximum atomic E-state index is 12.1. The number of pyridine rings is 1. The lowest BCUT2D eigenvalue weighted by atomic mass is 9.95. The zero-order valence-corrected chi connectivity index (χ0v) is 15.6. The predicted molar refractivity (Wildman–Crippen MR) is 98.9 cm³/mol. The molecule has 134 valence electrons. The van der Waals surface area contributed by atoms with Crippen LogP contribution in [-0.2, 0) is 17.3 Å². The Labute approximate surface area is 147 Å². The number of guanidine groups is 1. The fraction of sp³-hybridized carbons (Fsp3) is 0.647. The second-order valence-electron chi connectivity index (χ2n) is 5.90. The molecule has 2 N–H and O–H groups in total. The highest BCUT2D eigenvalue weighted by atomic mass is 32.2. The quantitative estimate of drug-likeness (QED) is 0.603. The van der Waals surface area contributed by atoms with Crippen LogP contribution in [0, 0.1) is 0 Å². The lowest BCUT2D eigenvalue weighted by molar-refractivity contribution is 0.391. The summed E-state index contributed by atoms with van der Waals surface area (Å²) in [6.07, 6.45) is 5.93. The van der Waals surface area contributed by atoms with Crippen molar-refractivity contribution in [2.45, 2.75) is 50.4 Å². The molecule has 1 aliphatic rings. The van der Waals surface area contributed by atoms with E-state index in [-0.39, 0.29) is 0 Å². The minimum absolute atomic E-state index is 0.303. The van der Waals surface area contributed by atoms with E-state index in [9.17, 15) is 4.21 Å². The molecule has 0 spiro atoms. The summed E-state index contributed by atoms with van der Waals surface area (Å²) in [5.41, 5.74) is 0.983. The highest BCUT2D eigenvalue weighted by molar-refractivity contribution is 7.85. The van der Waals surface area contributed by atoms with Crippen LogP contribution in [0.25, 0.3) is 0 Å². The van der Waals surface area contributed by atoms with Gasteiger partial charge in [-0.25, -0.2) is 4.98 Å². The van der Waals surface area contributed by atoms with Gasteiger partial charge in [0.25, 0.3) is 0 Å². The molecule has 24 heavy (non-hydrogen) atoms. The molecule has 1 heterocycles. The molecule has 1 aliphatic carbocycles. The Hall–Kier alpha value is -1.63. The molecule has 3 atom stereocenters. The Morgan fingerprint density at radius 3 is 3.04 bits per heavy atom. The van der Waals surface area contributed by atoms with Crippen LogP contribution in [0.4, 0.5) is 0 Å². The number of hydrogen-bond donors (Lipinski definition) is 2. The van der Waals surface area contributed by atoms with Gasteiger partial charge in [-0.2, -0.15) is 0 Å². The van der Waals surface area contributed by atoms with E-state index in [1.54, 1.807) is 20.4 Å². The molecule has 0 aromatic carbocycles. The molecule has 6 nitrogen and oxygen atoms in total. The molecule has 1 fully saturated rings. The van der Waals surface area contributed by atoms with Gasteiger partial charge in [0, 0.05) is 53.2 Å². The largest absolute Gasteiger partial charge is 0.481 e. The van der Waals surface area contributed by atoms with E-state index in [1.165, 1.54) is 0 Å². The van der Waals surface area contributed by atoms with Gasteiger partial charge in [0.1, 0.15) is 0 Å². The Morgan fingerprint density at radius 1 is 1.50 bits per heavy atom. The summed E-state index contributed by atoms with van der Waals surface area (Å²) in [5, 5.41) is 7.08. The third kappa shape index (κ3) is 5.19. The summed E-state index contributed by atoms with van der Waals surface area (Å²) < 4.78 is 17.3. The number of hydrogen-bond acceptors (Lipinski definition) is 4. The molecule has 7 heteroatoms. The molecular formula is C17H28N4O2S. The monoisotopic (exact) mass is 352 g/mol. The van der Waals surface area contributed by atoms with Crippen LogP contribution in [0.5, 0.6) is 5.88 Å². The SMILES string of the molecule is CCS(=O)C1CCCC(NC(=NC)NCc2cccnc2OC)C1. The zero-order valence-electron chi connectivity index (χ0n) is 14.7. The van der Waals surface area contributed by atoms with Gasteiger partial charge < -0.3 is 15.4 Å². The third-order valence-corrected chi connectivity index (χ3v) is 6.08. The molecule has 1 aromatic rings. The molecule has 0 radical (unpaired) electrons. The van der Waals surface area contributed by atoms with E-state index < -0.39 is 10.8 Å². The Bertz CT molecular complexity index is 579. The Kier molecular flexibility index (Phi) is 7.49. The summed E-state index contributed by atoms with van der Waals surface area (Å²) in [6, 6.07) is 4.19. The molecule has 2 rings (SSSR count). The van der Waals surface area contributed by atoms with Crippen molar-refractivity contribution in [1.29, 1.82) is 0 Å². The van der Waals surface area contributed by atoms with Crippen molar-refractivity contribution in [2.75, 3.05) is 19.9 Å². The lowest BCUT2D eigenvalue weighted by Gasteiger charge is -2.30. The third-order valence-electron chi connectivity index (χ3n) is 4.34. The van der Waals surface area contributed by atoms with Gasteiger partial charge in [-0.05, 0) is 25.3 Å². The molecule has 0 aliphatic heterocycles. The number of nitrogens with zero attached hydrogens (tertiary/aromatic N) is 2. The smallest absolute Gasteiger partial charge is 0.218 e. The lowest BCUT2D eigenvalue weighted by Crippen LogP contribution is -2.46. The number of rotatable bonds is 6. The van der Waals surface area contributed by atoms with Crippen molar-refractivity contribution >= 4 is 16.8 Å². The fourth-order valence-electron chi connectivity index (χ4n) is 3.06. The Balaban J connectivity index is 1.89. The summed E-state index contributed by atoms with van der Waals surface area (Å²) >= 11 is 0. The van der Waals surface area contributed by atoms with Gasteiger partial charge in [0.05, 0.1) is 7.11 Å². The molecule has 3 unspecified atom stereocenters. The van der Waals surface area contributed by atoms with Crippen LogP contribution in [-0.4, -0.2) is 46.4 Å². The first-order valence-corrected chi connectivity index (χ1v) is 9.88. The van der Waals surface area contributed by atoms with E-state index in [0.29, 0.717) is 23.7 Å². The van der Waals surface area contributed by atoms with Crippen molar-refractivity contribution in [2.24, 2.45) is 4.99 Å². The first kappa shape index (κ1) is 18.7. The minimum atomic E-state index is -0.714. The molecule has 1 aromatic heterocycles.